The summed E-state index contributed by atoms with van der Waals surface area (Å²) in [6, 6.07) is 13.2. The van der Waals surface area contributed by atoms with Gasteiger partial charge in [-0.2, -0.15) is 5.10 Å². The van der Waals surface area contributed by atoms with Gasteiger partial charge in [0.15, 0.2) is 0 Å². The van der Waals surface area contributed by atoms with Crippen molar-refractivity contribution in [1.82, 2.24) is 9.78 Å². The number of aryl methyl sites for hydroxylation is 1. The Hall–Kier alpha value is -2.66. The Morgan fingerprint density at radius 1 is 1.16 bits per heavy atom. The smallest absolute Gasteiger partial charge is 0.257 e. The molecular weight excluding hydrogens is 341 g/mol. The molecule has 0 aliphatic rings. The van der Waals surface area contributed by atoms with E-state index >= 15 is 0 Å². The summed E-state index contributed by atoms with van der Waals surface area (Å²) in [6.45, 7) is 4.21. The fourth-order valence-electron chi connectivity index (χ4n) is 2.62. The summed E-state index contributed by atoms with van der Waals surface area (Å²) in [6.07, 6.45) is 0. The monoisotopic (exact) mass is 357 g/mol. The first-order chi connectivity index (χ1) is 12.0. The molecule has 1 N–H and O–H groups in total. The first-order valence-electron chi connectivity index (χ1n) is 7.80. The lowest BCUT2D eigenvalue weighted by molar-refractivity contribution is 0.102. The van der Waals surface area contributed by atoms with E-state index in [2.05, 4.69) is 10.4 Å². The molecule has 0 atom stereocenters. The van der Waals surface area contributed by atoms with Crippen LogP contribution in [0.2, 0.25) is 5.02 Å². The number of amides is 1. The molecule has 0 saturated heterocycles. The van der Waals surface area contributed by atoms with Crippen LogP contribution in [0.3, 0.4) is 0 Å². The van der Waals surface area contributed by atoms with Gasteiger partial charge in [-0.25, -0.2) is 4.39 Å². The van der Waals surface area contributed by atoms with Crippen LogP contribution in [0.25, 0.3) is 0 Å². The van der Waals surface area contributed by atoms with Gasteiger partial charge in [-0.3, -0.25) is 9.48 Å². The Balaban J connectivity index is 1.83. The van der Waals surface area contributed by atoms with Gasteiger partial charge in [0.25, 0.3) is 5.91 Å². The molecule has 0 aliphatic carbocycles. The van der Waals surface area contributed by atoms with Gasteiger partial charge < -0.3 is 5.32 Å². The van der Waals surface area contributed by atoms with Crippen LogP contribution >= 0.6 is 11.6 Å². The molecule has 4 nitrogen and oxygen atoms in total. The molecule has 1 heterocycles. The average Bonchev–Trinajstić information content (AvgIpc) is 2.85. The van der Waals surface area contributed by atoms with Crippen LogP contribution in [0.15, 0.2) is 48.5 Å². The fraction of sp³-hybridized carbons (Fsp3) is 0.158. The quantitative estimate of drug-likeness (QED) is 0.742. The predicted octanol–water partition coefficient (Wildman–Crippen LogP) is 4.59. The normalized spacial score (nSPS) is 10.7. The lowest BCUT2D eigenvalue weighted by atomic mass is 10.2. The molecule has 0 bridgehead atoms. The van der Waals surface area contributed by atoms with Crippen LogP contribution in [-0.4, -0.2) is 15.7 Å². The van der Waals surface area contributed by atoms with Crippen molar-refractivity contribution < 1.29 is 9.18 Å². The molecule has 3 aromatic rings. The Labute approximate surface area is 150 Å². The Morgan fingerprint density at radius 3 is 2.52 bits per heavy atom. The SMILES string of the molecule is Cc1nn(Cc2ccc(F)cc2)c(C)c1NC(=O)c1ccccc1Cl. The summed E-state index contributed by atoms with van der Waals surface area (Å²) < 4.78 is 14.8. The van der Waals surface area contributed by atoms with Gasteiger partial charge in [0, 0.05) is 0 Å². The van der Waals surface area contributed by atoms with Gasteiger partial charge >= 0.3 is 0 Å². The Bertz CT molecular complexity index is 919. The van der Waals surface area contributed by atoms with Gasteiger partial charge in [-0.15, -0.1) is 0 Å². The largest absolute Gasteiger partial charge is 0.319 e. The maximum absolute atomic E-state index is 13.0. The van der Waals surface area contributed by atoms with Crippen LogP contribution in [0, 0.1) is 19.7 Å². The van der Waals surface area contributed by atoms with Crippen molar-refractivity contribution in [2.75, 3.05) is 5.32 Å². The first-order valence-corrected chi connectivity index (χ1v) is 8.18. The summed E-state index contributed by atoms with van der Waals surface area (Å²) in [4.78, 5) is 12.5. The summed E-state index contributed by atoms with van der Waals surface area (Å²) in [5.41, 5.74) is 3.53. The Morgan fingerprint density at radius 2 is 1.84 bits per heavy atom. The first kappa shape index (κ1) is 17.2. The highest BCUT2D eigenvalue weighted by Crippen LogP contribution is 2.23. The van der Waals surface area contributed by atoms with E-state index in [4.69, 9.17) is 11.6 Å². The molecule has 25 heavy (non-hydrogen) atoms. The van der Waals surface area contributed by atoms with Crippen LogP contribution in [-0.2, 0) is 6.54 Å². The molecule has 1 amide bonds. The predicted molar refractivity (Wildman–Crippen MR) is 96.6 cm³/mol. The van der Waals surface area contributed by atoms with Crippen molar-refractivity contribution in [3.05, 3.63) is 81.9 Å². The molecule has 0 spiro atoms. The minimum atomic E-state index is -0.280. The highest BCUT2D eigenvalue weighted by Gasteiger charge is 2.16. The topological polar surface area (TPSA) is 46.9 Å². The van der Waals surface area contributed by atoms with Gasteiger partial charge in [-0.1, -0.05) is 35.9 Å². The van der Waals surface area contributed by atoms with Gasteiger partial charge in [0.1, 0.15) is 5.82 Å². The third kappa shape index (κ3) is 3.72. The van der Waals surface area contributed by atoms with Gasteiger partial charge in [0.2, 0.25) is 0 Å². The molecule has 128 valence electrons. The van der Waals surface area contributed by atoms with Crippen molar-refractivity contribution in [3.8, 4) is 0 Å². The number of carbonyl (C=O) groups excluding carboxylic acids is 1. The lowest BCUT2D eigenvalue weighted by Gasteiger charge is -2.08. The molecule has 6 heteroatoms. The van der Waals surface area contributed by atoms with E-state index in [1.165, 1.54) is 12.1 Å². The zero-order valence-electron chi connectivity index (χ0n) is 13.9. The second kappa shape index (κ2) is 7.07. The minimum Gasteiger partial charge on any atom is -0.319 e. The highest BCUT2D eigenvalue weighted by atomic mass is 35.5. The summed E-state index contributed by atoms with van der Waals surface area (Å²) in [5.74, 6) is -0.553. The molecule has 0 saturated carbocycles. The third-order valence-corrected chi connectivity index (χ3v) is 4.31. The van der Waals surface area contributed by atoms with E-state index in [1.54, 1.807) is 41.1 Å². The van der Waals surface area contributed by atoms with E-state index in [-0.39, 0.29) is 11.7 Å². The number of halogens is 2. The molecule has 0 unspecified atom stereocenters. The van der Waals surface area contributed by atoms with Crippen molar-refractivity contribution in [2.45, 2.75) is 20.4 Å². The molecule has 0 fully saturated rings. The number of carbonyl (C=O) groups is 1. The van der Waals surface area contributed by atoms with Crippen LogP contribution in [0.5, 0.6) is 0 Å². The van der Waals surface area contributed by atoms with E-state index in [0.29, 0.717) is 28.5 Å². The molecule has 0 radical (unpaired) electrons. The second-order valence-electron chi connectivity index (χ2n) is 5.76. The zero-order valence-corrected chi connectivity index (χ0v) is 14.6. The summed E-state index contributed by atoms with van der Waals surface area (Å²) in [5, 5.41) is 7.75. The van der Waals surface area contributed by atoms with Crippen molar-refractivity contribution in [2.24, 2.45) is 0 Å². The van der Waals surface area contributed by atoms with E-state index in [9.17, 15) is 9.18 Å². The van der Waals surface area contributed by atoms with Crippen LogP contribution in [0.4, 0.5) is 10.1 Å². The molecule has 3 rings (SSSR count). The molecular formula is C19H17ClFN3O. The number of rotatable bonds is 4. The van der Waals surface area contributed by atoms with Crippen molar-refractivity contribution >= 4 is 23.2 Å². The zero-order chi connectivity index (χ0) is 18.0. The molecule has 1 aromatic heterocycles. The summed E-state index contributed by atoms with van der Waals surface area (Å²) >= 11 is 6.08. The third-order valence-electron chi connectivity index (χ3n) is 3.98. The standard InChI is InChI=1S/C19H17ClFN3O/c1-12-18(22-19(25)16-5-3-4-6-17(16)20)13(2)24(23-12)11-14-7-9-15(21)10-8-14/h3-10H,11H2,1-2H3,(H,22,25). The Kier molecular flexibility index (Phi) is 4.86. The minimum absolute atomic E-state index is 0.273. The number of aromatic nitrogens is 2. The van der Waals surface area contributed by atoms with E-state index < -0.39 is 0 Å². The van der Waals surface area contributed by atoms with E-state index in [0.717, 1.165) is 11.3 Å². The van der Waals surface area contributed by atoms with Crippen LogP contribution < -0.4 is 5.32 Å². The highest BCUT2D eigenvalue weighted by molar-refractivity contribution is 6.34. The van der Waals surface area contributed by atoms with Gasteiger partial charge in [-0.05, 0) is 43.7 Å². The van der Waals surface area contributed by atoms with Crippen molar-refractivity contribution in [3.63, 3.8) is 0 Å². The lowest BCUT2D eigenvalue weighted by Crippen LogP contribution is -2.14. The molecule has 0 aliphatic heterocycles. The van der Waals surface area contributed by atoms with Gasteiger partial charge in [0.05, 0.1) is 34.2 Å². The number of nitrogens with zero attached hydrogens (tertiary/aromatic N) is 2. The fourth-order valence-corrected chi connectivity index (χ4v) is 2.84. The van der Waals surface area contributed by atoms with Crippen LogP contribution in [0.1, 0.15) is 27.3 Å². The number of hydrogen-bond acceptors (Lipinski definition) is 2. The maximum atomic E-state index is 13.0. The number of benzene rings is 2. The number of hydrogen-bond donors (Lipinski definition) is 1. The van der Waals surface area contributed by atoms with Crippen molar-refractivity contribution in [1.29, 1.82) is 0 Å². The number of nitrogens with one attached hydrogen (secondary N) is 1. The second-order valence-corrected chi connectivity index (χ2v) is 6.17. The van der Waals surface area contributed by atoms with E-state index in [1.807, 2.05) is 13.8 Å². The summed E-state index contributed by atoms with van der Waals surface area (Å²) in [7, 11) is 0. The number of anilines is 1. The molecule has 2 aromatic carbocycles. The average molecular weight is 358 g/mol. The maximum Gasteiger partial charge on any atom is 0.257 e.